The van der Waals surface area contributed by atoms with Gasteiger partial charge < -0.3 is 5.11 Å². The standard InChI is InChI=1S/C12H15FO/c1-3-8-7(2)12(14)9-5-4-6-10(13)11(8)9/h4-8,12,14H,3H2,1-2H3. The van der Waals surface area contributed by atoms with Crippen molar-refractivity contribution in [3.8, 4) is 0 Å². The maximum absolute atomic E-state index is 13.6. The van der Waals surface area contributed by atoms with Gasteiger partial charge in [0.2, 0.25) is 0 Å². The van der Waals surface area contributed by atoms with Crippen LogP contribution in [0.1, 0.15) is 43.4 Å². The fraction of sp³-hybridized carbons (Fsp3) is 0.500. The van der Waals surface area contributed by atoms with Crippen molar-refractivity contribution in [2.45, 2.75) is 32.3 Å². The molecule has 0 saturated carbocycles. The molecule has 0 fully saturated rings. The van der Waals surface area contributed by atoms with Crippen LogP contribution in [-0.2, 0) is 0 Å². The first-order valence-corrected chi connectivity index (χ1v) is 5.13. The number of aliphatic hydroxyl groups is 1. The van der Waals surface area contributed by atoms with Crippen LogP contribution in [0.15, 0.2) is 18.2 Å². The fourth-order valence-electron chi connectivity index (χ4n) is 2.54. The van der Waals surface area contributed by atoms with Crippen molar-refractivity contribution in [3.05, 3.63) is 35.1 Å². The Kier molecular flexibility index (Phi) is 2.31. The van der Waals surface area contributed by atoms with Crippen LogP contribution < -0.4 is 0 Å². The number of fused-ring (bicyclic) bond motifs is 1. The van der Waals surface area contributed by atoms with Crippen LogP contribution in [0.5, 0.6) is 0 Å². The van der Waals surface area contributed by atoms with Crippen molar-refractivity contribution in [2.75, 3.05) is 0 Å². The molecule has 1 nitrogen and oxygen atoms in total. The van der Waals surface area contributed by atoms with E-state index in [-0.39, 0.29) is 17.7 Å². The lowest BCUT2D eigenvalue weighted by atomic mass is 9.91. The van der Waals surface area contributed by atoms with Gasteiger partial charge in [0.15, 0.2) is 0 Å². The van der Waals surface area contributed by atoms with Gasteiger partial charge in [-0.15, -0.1) is 0 Å². The SMILES string of the molecule is CCC1c2c(F)cccc2C(O)C1C. The van der Waals surface area contributed by atoms with Crippen LogP contribution in [-0.4, -0.2) is 5.11 Å². The normalized spacial score (nSPS) is 30.4. The van der Waals surface area contributed by atoms with Gasteiger partial charge in [0.05, 0.1) is 6.10 Å². The molecule has 1 aliphatic carbocycles. The molecular formula is C12H15FO. The molecule has 0 heterocycles. The van der Waals surface area contributed by atoms with Crippen molar-refractivity contribution in [3.63, 3.8) is 0 Å². The Hall–Kier alpha value is -0.890. The van der Waals surface area contributed by atoms with Crippen molar-refractivity contribution >= 4 is 0 Å². The molecule has 1 N–H and O–H groups in total. The molecule has 0 saturated heterocycles. The van der Waals surface area contributed by atoms with E-state index in [4.69, 9.17) is 0 Å². The van der Waals surface area contributed by atoms with Gasteiger partial charge in [-0.3, -0.25) is 0 Å². The summed E-state index contributed by atoms with van der Waals surface area (Å²) in [6, 6.07) is 4.98. The average molecular weight is 194 g/mol. The molecule has 0 bridgehead atoms. The zero-order valence-electron chi connectivity index (χ0n) is 8.50. The third kappa shape index (κ3) is 1.17. The topological polar surface area (TPSA) is 20.2 Å². The smallest absolute Gasteiger partial charge is 0.127 e. The van der Waals surface area contributed by atoms with Crippen LogP contribution in [0.4, 0.5) is 4.39 Å². The predicted molar refractivity (Wildman–Crippen MR) is 53.6 cm³/mol. The lowest BCUT2D eigenvalue weighted by Gasteiger charge is -2.15. The van der Waals surface area contributed by atoms with E-state index in [0.717, 1.165) is 17.5 Å². The fourth-order valence-corrected chi connectivity index (χ4v) is 2.54. The van der Waals surface area contributed by atoms with Gasteiger partial charge in [-0.1, -0.05) is 26.0 Å². The second-order valence-electron chi connectivity index (χ2n) is 4.06. The lowest BCUT2D eigenvalue weighted by molar-refractivity contribution is 0.120. The van der Waals surface area contributed by atoms with Gasteiger partial charge in [-0.05, 0) is 35.4 Å². The zero-order chi connectivity index (χ0) is 10.3. The largest absolute Gasteiger partial charge is 0.388 e. The molecule has 3 atom stereocenters. The van der Waals surface area contributed by atoms with Crippen LogP contribution in [0.2, 0.25) is 0 Å². The van der Waals surface area contributed by atoms with Crippen LogP contribution in [0.25, 0.3) is 0 Å². The van der Waals surface area contributed by atoms with E-state index >= 15 is 0 Å². The number of halogens is 1. The Morgan fingerprint density at radius 3 is 2.79 bits per heavy atom. The van der Waals surface area contributed by atoms with Gasteiger partial charge in [-0.25, -0.2) is 4.39 Å². The second kappa shape index (κ2) is 3.35. The maximum Gasteiger partial charge on any atom is 0.127 e. The zero-order valence-corrected chi connectivity index (χ0v) is 8.50. The molecule has 0 radical (unpaired) electrons. The third-order valence-electron chi connectivity index (χ3n) is 3.35. The molecule has 0 amide bonds. The first-order chi connectivity index (χ1) is 6.66. The van der Waals surface area contributed by atoms with Gasteiger partial charge in [-0.2, -0.15) is 0 Å². The van der Waals surface area contributed by atoms with E-state index < -0.39 is 6.10 Å². The second-order valence-corrected chi connectivity index (χ2v) is 4.06. The highest BCUT2D eigenvalue weighted by atomic mass is 19.1. The van der Waals surface area contributed by atoms with Gasteiger partial charge in [0.1, 0.15) is 5.82 Å². The minimum atomic E-state index is -0.495. The monoisotopic (exact) mass is 194 g/mol. The van der Waals surface area contributed by atoms with Gasteiger partial charge in [0, 0.05) is 0 Å². The highest BCUT2D eigenvalue weighted by Crippen LogP contribution is 2.47. The maximum atomic E-state index is 13.6. The molecule has 2 heteroatoms. The number of hydrogen-bond donors (Lipinski definition) is 1. The van der Waals surface area contributed by atoms with Crippen molar-refractivity contribution < 1.29 is 9.50 Å². The van der Waals surface area contributed by atoms with E-state index in [1.54, 1.807) is 6.07 Å². The molecule has 2 rings (SSSR count). The predicted octanol–water partition coefficient (Wildman–Crippen LogP) is 3.00. The van der Waals surface area contributed by atoms with Gasteiger partial charge >= 0.3 is 0 Å². The summed E-state index contributed by atoms with van der Waals surface area (Å²) >= 11 is 0. The van der Waals surface area contributed by atoms with Crippen LogP contribution >= 0.6 is 0 Å². The minimum Gasteiger partial charge on any atom is -0.388 e. The molecule has 1 aromatic rings. The number of aliphatic hydroxyl groups excluding tert-OH is 1. The van der Waals surface area contributed by atoms with E-state index in [0.29, 0.717) is 0 Å². The Morgan fingerprint density at radius 2 is 2.14 bits per heavy atom. The number of benzene rings is 1. The first kappa shape index (κ1) is 9.66. The van der Waals surface area contributed by atoms with Crippen LogP contribution in [0, 0.1) is 11.7 Å². The molecule has 76 valence electrons. The third-order valence-corrected chi connectivity index (χ3v) is 3.35. The Bertz CT molecular complexity index is 348. The minimum absolute atomic E-state index is 0.131. The van der Waals surface area contributed by atoms with Crippen LogP contribution in [0.3, 0.4) is 0 Å². The summed E-state index contributed by atoms with van der Waals surface area (Å²) in [4.78, 5) is 0. The molecule has 0 aromatic heterocycles. The van der Waals surface area contributed by atoms with Crippen molar-refractivity contribution in [2.24, 2.45) is 5.92 Å². The molecule has 1 aromatic carbocycles. The van der Waals surface area contributed by atoms with E-state index in [1.165, 1.54) is 6.07 Å². The summed E-state index contributed by atoms with van der Waals surface area (Å²) in [6.07, 6.45) is 0.386. The number of hydrogen-bond acceptors (Lipinski definition) is 1. The Balaban J connectivity index is 2.56. The summed E-state index contributed by atoms with van der Waals surface area (Å²) < 4.78 is 13.6. The number of rotatable bonds is 1. The van der Waals surface area contributed by atoms with Gasteiger partial charge in [0.25, 0.3) is 0 Å². The summed E-state index contributed by atoms with van der Waals surface area (Å²) in [6.45, 7) is 4.02. The van der Waals surface area contributed by atoms with E-state index in [1.807, 2.05) is 19.9 Å². The highest BCUT2D eigenvalue weighted by Gasteiger charge is 2.37. The lowest BCUT2D eigenvalue weighted by Crippen LogP contribution is -2.07. The molecular weight excluding hydrogens is 179 g/mol. The quantitative estimate of drug-likeness (QED) is 0.728. The average Bonchev–Trinajstić information content (AvgIpc) is 2.43. The van der Waals surface area contributed by atoms with E-state index in [9.17, 15) is 9.50 Å². The summed E-state index contributed by atoms with van der Waals surface area (Å²) in [7, 11) is 0. The molecule has 3 unspecified atom stereocenters. The Labute approximate surface area is 83.6 Å². The van der Waals surface area contributed by atoms with Crippen molar-refractivity contribution in [1.29, 1.82) is 0 Å². The molecule has 1 aliphatic rings. The molecule has 0 spiro atoms. The highest BCUT2D eigenvalue weighted by molar-refractivity contribution is 5.39. The summed E-state index contributed by atoms with van der Waals surface area (Å²) in [5.74, 6) is 0.130. The van der Waals surface area contributed by atoms with E-state index in [2.05, 4.69) is 0 Å². The molecule has 14 heavy (non-hydrogen) atoms. The summed E-state index contributed by atoms with van der Waals surface area (Å²) in [5.41, 5.74) is 1.51. The first-order valence-electron chi connectivity index (χ1n) is 5.13. The van der Waals surface area contributed by atoms with Crippen molar-refractivity contribution in [1.82, 2.24) is 0 Å². The Morgan fingerprint density at radius 1 is 1.43 bits per heavy atom. The molecule has 0 aliphatic heterocycles. The summed E-state index contributed by atoms with van der Waals surface area (Å²) in [5, 5.41) is 9.91.